The average Bonchev–Trinajstić information content (AvgIpc) is 3.25. The lowest BCUT2D eigenvalue weighted by molar-refractivity contribution is -0.126. The lowest BCUT2D eigenvalue weighted by Gasteiger charge is -2.23. The van der Waals surface area contributed by atoms with E-state index in [1.807, 2.05) is 18.2 Å². The third-order valence-electron chi connectivity index (χ3n) is 4.43. The van der Waals surface area contributed by atoms with Crippen LogP contribution in [0.15, 0.2) is 30.3 Å². The molecule has 1 saturated carbocycles. The summed E-state index contributed by atoms with van der Waals surface area (Å²) in [5, 5.41) is 6.61. The Morgan fingerprint density at radius 2 is 2.05 bits per heavy atom. The number of hydrogen-bond donors (Lipinski definition) is 2. The van der Waals surface area contributed by atoms with Crippen molar-refractivity contribution in [2.24, 2.45) is 11.8 Å². The maximum Gasteiger partial charge on any atom is 0.227 e. The fourth-order valence-electron chi connectivity index (χ4n) is 3.10. The van der Waals surface area contributed by atoms with Crippen molar-refractivity contribution >= 4 is 5.91 Å². The van der Waals surface area contributed by atoms with Gasteiger partial charge in [-0.15, -0.1) is 0 Å². The summed E-state index contributed by atoms with van der Waals surface area (Å²) in [7, 11) is 0. The van der Waals surface area contributed by atoms with Gasteiger partial charge in [0.25, 0.3) is 0 Å². The van der Waals surface area contributed by atoms with Gasteiger partial charge in [-0.05, 0) is 30.9 Å². The molecular formula is C17H24N2O2. The normalized spacial score (nSPS) is 26.5. The third kappa shape index (κ3) is 3.44. The Kier molecular flexibility index (Phi) is 4.56. The van der Waals surface area contributed by atoms with Crippen LogP contribution in [-0.4, -0.2) is 31.7 Å². The number of likely N-dealkylation sites (N-methyl/N-ethyl adjacent to an activating group) is 1. The fourth-order valence-corrected chi connectivity index (χ4v) is 3.10. The molecule has 2 aliphatic rings. The molecule has 0 radical (unpaired) electrons. The first kappa shape index (κ1) is 14.5. The molecule has 1 saturated heterocycles. The van der Waals surface area contributed by atoms with Crippen LogP contribution in [0.25, 0.3) is 0 Å². The van der Waals surface area contributed by atoms with Crippen molar-refractivity contribution in [1.29, 1.82) is 0 Å². The summed E-state index contributed by atoms with van der Waals surface area (Å²) in [4.78, 5) is 12.6. The van der Waals surface area contributed by atoms with E-state index in [0.717, 1.165) is 6.54 Å². The molecule has 3 unspecified atom stereocenters. The molecule has 1 aromatic carbocycles. The van der Waals surface area contributed by atoms with E-state index in [1.54, 1.807) is 0 Å². The molecule has 0 spiro atoms. The van der Waals surface area contributed by atoms with E-state index < -0.39 is 0 Å². The number of carbonyl (C=O) groups excluding carboxylic acids is 1. The molecule has 3 atom stereocenters. The van der Waals surface area contributed by atoms with Crippen molar-refractivity contribution in [3.63, 3.8) is 0 Å². The Bertz CT molecular complexity index is 473. The van der Waals surface area contributed by atoms with Gasteiger partial charge in [-0.1, -0.05) is 37.3 Å². The summed E-state index contributed by atoms with van der Waals surface area (Å²) in [6, 6.07) is 10.6. The number of nitrogens with one attached hydrogen (secondary N) is 2. The Hall–Kier alpha value is -1.39. The summed E-state index contributed by atoms with van der Waals surface area (Å²) < 4.78 is 5.48. The van der Waals surface area contributed by atoms with Crippen LogP contribution < -0.4 is 10.6 Å². The predicted octanol–water partition coefficient (Wildman–Crippen LogP) is 1.88. The quantitative estimate of drug-likeness (QED) is 0.840. The van der Waals surface area contributed by atoms with Gasteiger partial charge in [0.15, 0.2) is 0 Å². The summed E-state index contributed by atoms with van der Waals surface area (Å²) in [6.45, 7) is 4.08. The first-order valence-corrected chi connectivity index (χ1v) is 7.96. The van der Waals surface area contributed by atoms with Crippen molar-refractivity contribution in [3.05, 3.63) is 35.9 Å². The van der Waals surface area contributed by atoms with E-state index >= 15 is 0 Å². The Balaban J connectivity index is 1.67. The van der Waals surface area contributed by atoms with Gasteiger partial charge in [-0.3, -0.25) is 4.79 Å². The Labute approximate surface area is 126 Å². The van der Waals surface area contributed by atoms with Crippen molar-refractivity contribution in [2.75, 3.05) is 19.8 Å². The highest BCUT2D eigenvalue weighted by Gasteiger charge is 2.38. The molecule has 114 valence electrons. The molecule has 3 rings (SSSR count). The second-order valence-corrected chi connectivity index (χ2v) is 6.04. The van der Waals surface area contributed by atoms with E-state index in [1.165, 1.54) is 18.4 Å². The summed E-state index contributed by atoms with van der Waals surface area (Å²) >= 11 is 0. The van der Waals surface area contributed by atoms with Gasteiger partial charge < -0.3 is 15.4 Å². The lowest BCUT2D eigenvalue weighted by atomic mass is 9.98. The minimum absolute atomic E-state index is 0.0742. The van der Waals surface area contributed by atoms with E-state index in [4.69, 9.17) is 4.74 Å². The molecule has 1 heterocycles. The number of rotatable bonds is 6. The number of hydrogen-bond acceptors (Lipinski definition) is 3. The van der Waals surface area contributed by atoms with Crippen molar-refractivity contribution in [3.8, 4) is 0 Å². The fraction of sp³-hybridized carbons (Fsp3) is 0.588. The van der Waals surface area contributed by atoms with Gasteiger partial charge in [0.1, 0.15) is 0 Å². The number of carbonyl (C=O) groups is 1. The highest BCUT2D eigenvalue weighted by molar-refractivity contribution is 5.80. The molecule has 1 aliphatic heterocycles. The Morgan fingerprint density at radius 3 is 2.71 bits per heavy atom. The van der Waals surface area contributed by atoms with E-state index in [9.17, 15) is 4.79 Å². The van der Waals surface area contributed by atoms with E-state index in [2.05, 4.69) is 29.7 Å². The number of amides is 1. The van der Waals surface area contributed by atoms with Gasteiger partial charge in [0.2, 0.25) is 5.91 Å². The van der Waals surface area contributed by atoms with Gasteiger partial charge >= 0.3 is 0 Å². The summed E-state index contributed by atoms with van der Waals surface area (Å²) in [5.41, 5.74) is 1.22. The molecule has 4 nitrogen and oxygen atoms in total. The smallest absolute Gasteiger partial charge is 0.227 e. The van der Waals surface area contributed by atoms with Gasteiger partial charge in [0.05, 0.1) is 25.2 Å². The van der Waals surface area contributed by atoms with Crippen LogP contribution in [0.5, 0.6) is 0 Å². The lowest BCUT2D eigenvalue weighted by Crippen LogP contribution is -2.45. The molecule has 0 bridgehead atoms. The molecule has 4 heteroatoms. The van der Waals surface area contributed by atoms with Crippen LogP contribution >= 0.6 is 0 Å². The molecule has 2 fully saturated rings. The van der Waals surface area contributed by atoms with Crippen molar-refractivity contribution < 1.29 is 9.53 Å². The van der Waals surface area contributed by atoms with E-state index in [0.29, 0.717) is 19.1 Å². The van der Waals surface area contributed by atoms with Crippen LogP contribution in [0.2, 0.25) is 0 Å². The average molecular weight is 288 g/mol. The molecule has 21 heavy (non-hydrogen) atoms. The maximum atomic E-state index is 12.6. The number of ether oxygens (including phenoxy) is 1. The van der Waals surface area contributed by atoms with Gasteiger partial charge in [0, 0.05) is 6.04 Å². The minimum atomic E-state index is -0.0742. The van der Waals surface area contributed by atoms with Crippen molar-refractivity contribution in [1.82, 2.24) is 10.6 Å². The predicted molar refractivity (Wildman–Crippen MR) is 81.8 cm³/mol. The maximum absolute atomic E-state index is 12.6. The molecular weight excluding hydrogens is 264 g/mol. The number of benzene rings is 1. The van der Waals surface area contributed by atoms with Crippen LogP contribution in [0, 0.1) is 11.8 Å². The molecule has 1 aromatic rings. The monoisotopic (exact) mass is 288 g/mol. The Morgan fingerprint density at radius 1 is 1.29 bits per heavy atom. The van der Waals surface area contributed by atoms with Gasteiger partial charge in [-0.25, -0.2) is 0 Å². The first-order valence-electron chi connectivity index (χ1n) is 7.96. The third-order valence-corrected chi connectivity index (χ3v) is 4.43. The zero-order valence-electron chi connectivity index (χ0n) is 12.5. The van der Waals surface area contributed by atoms with Crippen LogP contribution in [0.1, 0.15) is 31.4 Å². The molecule has 2 N–H and O–H groups in total. The second-order valence-electron chi connectivity index (χ2n) is 6.04. The second kappa shape index (κ2) is 6.58. The summed E-state index contributed by atoms with van der Waals surface area (Å²) in [6.07, 6.45) is 2.41. The topological polar surface area (TPSA) is 50.4 Å². The molecule has 0 aromatic heterocycles. The van der Waals surface area contributed by atoms with Crippen LogP contribution in [0.3, 0.4) is 0 Å². The van der Waals surface area contributed by atoms with Crippen LogP contribution in [0.4, 0.5) is 0 Å². The standard InChI is InChI=1S/C17H24N2O2/c1-2-18-15-11-21-10-14(15)17(20)19-16(13-8-9-13)12-6-4-3-5-7-12/h3-7,13-16,18H,2,8-11H2,1H3,(H,19,20). The SMILES string of the molecule is CCNC1COCC1C(=O)NC(c1ccccc1)C1CC1. The zero-order chi connectivity index (χ0) is 14.7. The zero-order valence-corrected chi connectivity index (χ0v) is 12.5. The van der Waals surface area contributed by atoms with E-state index in [-0.39, 0.29) is 23.9 Å². The molecule has 1 amide bonds. The van der Waals surface area contributed by atoms with Gasteiger partial charge in [-0.2, -0.15) is 0 Å². The molecule has 1 aliphatic carbocycles. The summed E-state index contributed by atoms with van der Waals surface area (Å²) in [5.74, 6) is 0.644. The first-order chi connectivity index (χ1) is 10.3. The van der Waals surface area contributed by atoms with Crippen LogP contribution in [-0.2, 0) is 9.53 Å². The highest BCUT2D eigenvalue weighted by atomic mass is 16.5. The minimum Gasteiger partial charge on any atom is -0.379 e. The largest absolute Gasteiger partial charge is 0.379 e. The van der Waals surface area contributed by atoms with Crippen molar-refractivity contribution in [2.45, 2.75) is 31.8 Å². The highest BCUT2D eigenvalue weighted by Crippen LogP contribution is 2.41.